The number of ether oxygens (including phenoxy) is 1. The summed E-state index contributed by atoms with van der Waals surface area (Å²) in [6.07, 6.45) is 0. The zero-order valence-corrected chi connectivity index (χ0v) is 19.8. The monoisotopic (exact) mass is 525 g/mol. The van der Waals surface area contributed by atoms with Crippen LogP contribution >= 0.6 is 15.9 Å². The molecule has 2 aliphatic heterocycles. The van der Waals surface area contributed by atoms with Crippen LogP contribution in [0.15, 0.2) is 71.2 Å². The number of para-hydroxylation sites is 1. The largest absolute Gasteiger partial charge is 0.489 e. The van der Waals surface area contributed by atoms with Crippen molar-refractivity contribution >= 4 is 27.5 Å². The average Bonchev–Trinajstić information content (AvgIpc) is 3.28. The molecule has 1 fully saturated rings. The molecule has 1 N–H and O–H groups in total. The van der Waals surface area contributed by atoms with E-state index in [4.69, 9.17) is 4.74 Å². The SMILES string of the molecule is CN1C[C@H](c2cc(Br)ccc2OCc2cccc(F)c2)[C@H]([N+](=O)[O-])[C@@]12C(=O)Nc1ccccc12. The van der Waals surface area contributed by atoms with Crippen molar-refractivity contribution < 1.29 is 18.8 Å². The van der Waals surface area contributed by atoms with Gasteiger partial charge >= 0.3 is 0 Å². The van der Waals surface area contributed by atoms with Crippen LogP contribution < -0.4 is 10.1 Å². The van der Waals surface area contributed by atoms with Gasteiger partial charge in [0.05, 0.1) is 5.92 Å². The number of nitrogens with one attached hydrogen (secondary N) is 1. The molecule has 0 aliphatic carbocycles. The van der Waals surface area contributed by atoms with Crippen molar-refractivity contribution in [2.24, 2.45) is 0 Å². The Morgan fingerprint density at radius 1 is 1.21 bits per heavy atom. The number of nitro groups is 1. The summed E-state index contributed by atoms with van der Waals surface area (Å²) in [7, 11) is 1.74. The molecule has 0 unspecified atom stereocenters. The molecule has 3 aromatic rings. The molecule has 34 heavy (non-hydrogen) atoms. The van der Waals surface area contributed by atoms with Crippen LogP contribution in [0, 0.1) is 15.9 Å². The second kappa shape index (κ2) is 8.48. The van der Waals surface area contributed by atoms with E-state index in [1.54, 1.807) is 66.5 Å². The van der Waals surface area contributed by atoms with E-state index in [0.717, 1.165) is 4.47 Å². The van der Waals surface area contributed by atoms with Gasteiger partial charge in [-0.1, -0.05) is 46.3 Å². The van der Waals surface area contributed by atoms with Crippen molar-refractivity contribution in [1.82, 2.24) is 4.90 Å². The molecule has 1 spiro atoms. The third-order valence-corrected chi connectivity index (χ3v) is 7.19. The third-order valence-electron chi connectivity index (χ3n) is 6.70. The van der Waals surface area contributed by atoms with Crippen LogP contribution in [0.3, 0.4) is 0 Å². The van der Waals surface area contributed by atoms with Gasteiger partial charge in [0.2, 0.25) is 0 Å². The van der Waals surface area contributed by atoms with E-state index in [2.05, 4.69) is 21.2 Å². The Balaban J connectivity index is 1.57. The standard InChI is InChI=1S/C25H21BrFN3O4/c1-29-13-19(23(30(32)33)25(29)20-7-2-3-8-21(20)28-24(25)31)18-12-16(26)9-10-22(18)34-14-15-5-4-6-17(27)11-15/h2-12,19,23H,13-14H2,1H3,(H,28,31)/t19-,23+,25+/m1/s1. The number of hydrogen-bond donors (Lipinski definition) is 1. The molecular formula is C25H21BrFN3O4. The van der Waals surface area contributed by atoms with Crippen LogP contribution in [-0.2, 0) is 16.9 Å². The molecule has 2 heterocycles. The molecule has 0 saturated carbocycles. The minimum Gasteiger partial charge on any atom is -0.489 e. The van der Waals surface area contributed by atoms with Gasteiger partial charge < -0.3 is 10.1 Å². The highest BCUT2D eigenvalue weighted by Crippen LogP contribution is 2.53. The van der Waals surface area contributed by atoms with Crippen molar-refractivity contribution in [3.8, 4) is 5.75 Å². The maximum absolute atomic E-state index is 13.6. The molecule has 1 amide bonds. The molecule has 9 heteroatoms. The molecule has 0 bridgehead atoms. The minimum absolute atomic E-state index is 0.104. The van der Waals surface area contributed by atoms with Crippen LogP contribution in [0.4, 0.5) is 10.1 Å². The molecule has 3 atom stereocenters. The number of benzene rings is 3. The van der Waals surface area contributed by atoms with Gasteiger partial charge in [0.1, 0.15) is 18.2 Å². The molecule has 2 aliphatic rings. The number of amides is 1. The van der Waals surface area contributed by atoms with Gasteiger partial charge in [0.15, 0.2) is 5.54 Å². The smallest absolute Gasteiger partial charge is 0.256 e. The van der Waals surface area contributed by atoms with Gasteiger partial charge in [-0.3, -0.25) is 19.8 Å². The van der Waals surface area contributed by atoms with E-state index >= 15 is 0 Å². The maximum atomic E-state index is 13.6. The number of likely N-dealkylation sites (N-methyl/N-ethyl adjacent to an activating group) is 1. The lowest BCUT2D eigenvalue weighted by Crippen LogP contribution is -2.54. The van der Waals surface area contributed by atoms with Crippen LogP contribution in [0.2, 0.25) is 0 Å². The van der Waals surface area contributed by atoms with Gasteiger partial charge in [-0.2, -0.15) is 0 Å². The molecule has 174 valence electrons. The Labute approximate surface area is 203 Å². The minimum atomic E-state index is -1.44. The molecule has 0 aromatic heterocycles. The van der Waals surface area contributed by atoms with Crippen molar-refractivity contribution in [3.05, 3.63) is 104 Å². The maximum Gasteiger partial charge on any atom is 0.256 e. The first-order valence-corrected chi connectivity index (χ1v) is 11.5. The fourth-order valence-corrected chi connectivity index (χ4v) is 5.67. The second-order valence-corrected chi connectivity index (χ2v) is 9.50. The highest BCUT2D eigenvalue weighted by Gasteiger charge is 2.68. The van der Waals surface area contributed by atoms with E-state index in [1.165, 1.54) is 12.1 Å². The van der Waals surface area contributed by atoms with Crippen LogP contribution in [-0.4, -0.2) is 35.4 Å². The molecule has 1 saturated heterocycles. The average molecular weight is 526 g/mol. The van der Waals surface area contributed by atoms with E-state index in [0.29, 0.717) is 28.1 Å². The highest BCUT2D eigenvalue weighted by molar-refractivity contribution is 9.10. The van der Waals surface area contributed by atoms with Crippen molar-refractivity contribution in [3.63, 3.8) is 0 Å². The van der Waals surface area contributed by atoms with E-state index < -0.39 is 23.4 Å². The molecule has 3 aromatic carbocycles. The number of carbonyl (C=O) groups excluding carboxylic acids is 1. The van der Waals surface area contributed by atoms with E-state index in [1.807, 2.05) is 0 Å². The zero-order chi connectivity index (χ0) is 24.0. The fourth-order valence-electron chi connectivity index (χ4n) is 5.29. The van der Waals surface area contributed by atoms with Gasteiger partial charge in [-0.25, -0.2) is 4.39 Å². The second-order valence-electron chi connectivity index (χ2n) is 8.58. The van der Waals surface area contributed by atoms with Gasteiger partial charge in [-0.15, -0.1) is 0 Å². The summed E-state index contributed by atoms with van der Waals surface area (Å²) in [5.74, 6) is -0.938. The summed E-state index contributed by atoms with van der Waals surface area (Å²) >= 11 is 3.47. The van der Waals surface area contributed by atoms with Crippen molar-refractivity contribution in [1.29, 1.82) is 0 Å². The predicted molar refractivity (Wildman–Crippen MR) is 128 cm³/mol. The topological polar surface area (TPSA) is 84.7 Å². The summed E-state index contributed by atoms with van der Waals surface area (Å²) in [6, 6.07) is 17.3. The normalized spacial score (nSPS) is 23.7. The Kier molecular flexibility index (Phi) is 5.61. The number of fused-ring (bicyclic) bond motifs is 2. The quantitative estimate of drug-likeness (QED) is 0.385. The third kappa shape index (κ3) is 3.47. The summed E-state index contributed by atoms with van der Waals surface area (Å²) in [5, 5.41) is 15.4. The molecular weight excluding hydrogens is 505 g/mol. The summed E-state index contributed by atoms with van der Waals surface area (Å²) in [6.45, 7) is 0.382. The summed E-state index contributed by atoms with van der Waals surface area (Å²) < 4.78 is 20.4. The first-order valence-electron chi connectivity index (χ1n) is 10.7. The van der Waals surface area contributed by atoms with Gasteiger partial charge in [0.25, 0.3) is 11.9 Å². The lowest BCUT2D eigenvalue weighted by molar-refractivity contribution is -0.534. The number of anilines is 1. The van der Waals surface area contributed by atoms with Gasteiger partial charge in [0, 0.05) is 32.8 Å². The number of nitrogens with zero attached hydrogens (tertiary/aromatic N) is 2. The number of likely N-dealkylation sites (tertiary alicyclic amines) is 1. The van der Waals surface area contributed by atoms with Gasteiger partial charge in [-0.05, 0) is 49.0 Å². The highest BCUT2D eigenvalue weighted by atomic mass is 79.9. The first kappa shape index (κ1) is 22.5. The Hall–Kier alpha value is -3.30. The zero-order valence-electron chi connectivity index (χ0n) is 18.2. The fraction of sp³-hybridized carbons (Fsp3) is 0.240. The van der Waals surface area contributed by atoms with Crippen molar-refractivity contribution in [2.75, 3.05) is 18.9 Å². The number of carbonyl (C=O) groups is 1. The lowest BCUT2D eigenvalue weighted by Gasteiger charge is -2.30. The lowest BCUT2D eigenvalue weighted by atomic mass is 9.79. The molecule has 5 rings (SSSR count). The predicted octanol–water partition coefficient (Wildman–Crippen LogP) is 4.69. The van der Waals surface area contributed by atoms with Crippen molar-refractivity contribution in [2.45, 2.75) is 24.1 Å². The number of hydrogen-bond acceptors (Lipinski definition) is 5. The number of halogens is 2. The molecule has 7 nitrogen and oxygen atoms in total. The van der Waals surface area contributed by atoms with Crippen LogP contribution in [0.5, 0.6) is 5.75 Å². The summed E-state index contributed by atoms with van der Waals surface area (Å²) in [5.41, 5.74) is 1.01. The first-order chi connectivity index (χ1) is 16.3. The molecule has 0 radical (unpaired) electrons. The summed E-state index contributed by atoms with van der Waals surface area (Å²) in [4.78, 5) is 27.3. The Morgan fingerprint density at radius 3 is 2.76 bits per heavy atom. The number of rotatable bonds is 5. The Bertz CT molecular complexity index is 1300. The van der Waals surface area contributed by atoms with Crippen LogP contribution in [0.1, 0.15) is 22.6 Å². The van der Waals surface area contributed by atoms with E-state index in [9.17, 15) is 19.3 Å². The van der Waals surface area contributed by atoms with Crippen LogP contribution in [0.25, 0.3) is 0 Å². The Morgan fingerprint density at radius 2 is 2.00 bits per heavy atom. The van der Waals surface area contributed by atoms with E-state index in [-0.39, 0.29) is 23.9 Å².